The first-order valence-electron chi connectivity index (χ1n) is 11.2. The van der Waals surface area contributed by atoms with Gasteiger partial charge in [-0.05, 0) is 39.1 Å². The number of nitrogens with one attached hydrogen (secondary N) is 3. The Labute approximate surface area is 209 Å². The third-order valence-corrected chi connectivity index (χ3v) is 6.34. The van der Waals surface area contributed by atoms with E-state index in [1.165, 1.54) is 12.3 Å². The second-order valence-corrected chi connectivity index (χ2v) is 8.85. The quantitative estimate of drug-likeness (QED) is 0.402. The lowest BCUT2D eigenvalue weighted by atomic mass is 10.0. The highest BCUT2D eigenvalue weighted by atomic mass is 35.5. The van der Waals surface area contributed by atoms with Gasteiger partial charge in [-0.2, -0.15) is 5.10 Å². The predicted molar refractivity (Wildman–Crippen MR) is 139 cm³/mol. The monoisotopic (exact) mass is 496 g/mol. The van der Waals surface area contributed by atoms with Gasteiger partial charge in [0.15, 0.2) is 0 Å². The zero-order valence-corrected chi connectivity index (χ0v) is 20.8. The number of anilines is 4. The van der Waals surface area contributed by atoms with E-state index in [4.69, 9.17) is 16.3 Å². The Balaban J connectivity index is 1.68. The van der Waals surface area contributed by atoms with Crippen LogP contribution in [0.15, 0.2) is 43.4 Å². The van der Waals surface area contributed by atoms with E-state index in [1.54, 1.807) is 19.5 Å². The van der Waals surface area contributed by atoms with Gasteiger partial charge in [-0.15, -0.1) is 0 Å². The summed E-state index contributed by atoms with van der Waals surface area (Å²) >= 11 is 6.30. The van der Waals surface area contributed by atoms with Gasteiger partial charge in [-0.1, -0.05) is 18.2 Å². The number of H-pyrrole nitrogens is 1. The smallest absolute Gasteiger partial charge is 0.247 e. The molecule has 0 aliphatic carbocycles. The lowest BCUT2D eigenvalue weighted by Gasteiger charge is -2.37. The van der Waals surface area contributed by atoms with E-state index in [0.717, 1.165) is 37.2 Å². The van der Waals surface area contributed by atoms with Crippen LogP contribution in [-0.2, 0) is 4.79 Å². The molecule has 2 aromatic heterocycles. The number of ether oxygens (including phenoxy) is 1. The zero-order valence-electron chi connectivity index (χ0n) is 20.0. The van der Waals surface area contributed by atoms with Crippen molar-refractivity contribution in [3.8, 4) is 17.0 Å². The zero-order chi connectivity index (χ0) is 24.9. The summed E-state index contributed by atoms with van der Waals surface area (Å²) in [5.74, 6) is 0.620. The first-order chi connectivity index (χ1) is 16.9. The van der Waals surface area contributed by atoms with Crippen LogP contribution in [0, 0.1) is 0 Å². The van der Waals surface area contributed by atoms with Crippen molar-refractivity contribution in [3.05, 3.63) is 48.4 Å². The van der Waals surface area contributed by atoms with Crippen LogP contribution in [0.2, 0.25) is 5.02 Å². The van der Waals surface area contributed by atoms with Gasteiger partial charge in [0.25, 0.3) is 0 Å². The van der Waals surface area contributed by atoms with Crippen molar-refractivity contribution in [2.45, 2.75) is 18.9 Å². The topological polar surface area (TPSA) is 111 Å². The average Bonchev–Trinajstić information content (AvgIpc) is 3.40. The van der Waals surface area contributed by atoms with Crippen LogP contribution < -0.4 is 20.3 Å². The second-order valence-electron chi connectivity index (χ2n) is 8.45. The minimum absolute atomic E-state index is 0.296. The van der Waals surface area contributed by atoms with E-state index < -0.39 is 0 Å². The molecule has 1 fully saturated rings. The summed E-state index contributed by atoms with van der Waals surface area (Å²) in [7, 11) is 5.82. The van der Waals surface area contributed by atoms with Crippen LogP contribution in [0.25, 0.3) is 11.3 Å². The molecule has 1 aliphatic heterocycles. The van der Waals surface area contributed by atoms with Crippen LogP contribution in [0.5, 0.6) is 5.75 Å². The van der Waals surface area contributed by atoms with Gasteiger partial charge in [0.1, 0.15) is 5.75 Å². The Morgan fingerprint density at radius 3 is 2.69 bits per heavy atom. The van der Waals surface area contributed by atoms with Crippen molar-refractivity contribution in [1.29, 1.82) is 0 Å². The lowest BCUT2D eigenvalue weighted by Crippen LogP contribution is -2.42. The highest BCUT2D eigenvalue weighted by Gasteiger charge is 2.24. The number of piperidine rings is 1. The number of hydrogen-bond donors (Lipinski definition) is 3. The summed E-state index contributed by atoms with van der Waals surface area (Å²) in [5.41, 5.74) is 3.40. The molecule has 3 heterocycles. The highest BCUT2D eigenvalue weighted by molar-refractivity contribution is 6.32. The molecule has 1 aromatic carbocycles. The fourth-order valence-corrected chi connectivity index (χ4v) is 4.34. The molecule has 0 spiro atoms. The molecule has 1 aliphatic rings. The van der Waals surface area contributed by atoms with E-state index in [9.17, 15) is 4.79 Å². The third-order valence-electron chi connectivity index (χ3n) is 6.06. The summed E-state index contributed by atoms with van der Waals surface area (Å²) in [6, 6.07) is 4.28. The molecule has 184 valence electrons. The maximum Gasteiger partial charge on any atom is 0.247 e. The third kappa shape index (κ3) is 5.55. The van der Waals surface area contributed by atoms with Crippen molar-refractivity contribution >= 4 is 40.5 Å². The minimum Gasteiger partial charge on any atom is -0.494 e. The van der Waals surface area contributed by atoms with Crippen LogP contribution >= 0.6 is 11.6 Å². The van der Waals surface area contributed by atoms with Gasteiger partial charge in [0, 0.05) is 37.0 Å². The largest absolute Gasteiger partial charge is 0.494 e. The number of aromatic nitrogens is 4. The summed E-state index contributed by atoms with van der Waals surface area (Å²) in [6.07, 6.45) is 8.17. The first kappa shape index (κ1) is 24.5. The van der Waals surface area contributed by atoms with Gasteiger partial charge in [-0.25, -0.2) is 9.97 Å². The van der Waals surface area contributed by atoms with Crippen LogP contribution in [0.3, 0.4) is 0 Å². The predicted octanol–water partition coefficient (Wildman–Crippen LogP) is 3.93. The van der Waals surface area contributed by atoms with E-state index >= 15 is 0 Å². The molecule has 0 unspecified atom stereocenters. The number of rotatable bonds is 8. The molecule has 0 atom stereocenters. The molecule has 1 saturated heterocycles. The van der Waals surface area contributed by atoms with Crippen molar-refractivity contribution in [1.82, 2.24) is 25.1 Å². The fraction of sp³-hybridized carbons (Fsp3) is 0.333. The normalized spacial score (nSPS) is 14.1. The van der Waals surface area contributed by atoms with E-state index in [-0.39, 0.29) is 5.91 Å². The Bertz CT molecular complexity index is 1190. The maximum absolute atomic E-state index is 12.2. The Morgan fingerprint density at radius 1 is 1.29 bits per heavy atom. The average molecular weight is 497 g/mol. The number of carbonyl (C=O) groups excluding carboxylic acids is 1. The standard InChI is InChI=1S/C24H29ClN8O2/c1-5-22(34)29-18-10-19(30-24-26-14-17(25)23(31-24)15-12-27-28-13-15)21(35-4)11-20(18)33-8-6-16(7-9-33)32(2)3/h5,10-14,16H,1,6-9H2,2-4H3,(H,27,28)(H,29,34)(H,26,30,31). The summed E-state index contributed by atoms with van der Waals surface area (Å²) in [5, 5.41) is 13.2. The first-order valence-corrected chi connectivity index (χ1v) is 11.6. The molecule has 3 aromatic rings. The van der Waals surface area contributed by atoms with Crippen LogP contribution in [0.4, 0.5) is 23.0 Å². The molecule has 0 saturated carbocycles. The highest BCUT2D eigenvalue weighted by Crippen LogP contribution is 2.39. The molecule has 11 heteroatoms. The van der Waals surface area contributed by atoms with Crippen molar-refractivity contribution in [2.24, 2.45) is 0 Å². The van der Waals surface area contributed by atoms with Gasteiger partial charge >= 0.3 is 0 Å². The number of amides is 1. The molecule has 0 bridgehead atoms. The molecule has 4 rings (SSSR count). The molecular weight excluding hydrogens is 468 g/mol. The second kappa shape index (κ2) is 10.7. The van der Waals surface area contributed by atoms with Crippen LogP contribution in [-0.4, -0.2) is 71.3 Å². The number of hydrogen-bond acceptors (Lipinski definition) is 8. The van der Waals surface area contributed by atoms with Crippen LogP contribution in [0.1, 0.15) is 12.8 Å². The summed E-state index contributed by atoms with van der Waals surface area (Å²) in [4.78, 5) is 25.6. The molecule has 35 heavy (non-hydrogen) atoms. The molecule has 10 nitrogen and oxygen atoms in total. The number of aromatic amines is 1. The molecule has 1 amide bonds. The molecule has 0 radical (unpaired) electrons. The molecular formula is C24H29ClN8O2. The van der Waals surface area contributed by atoms with E-state index in [2.05, 4.69) is 61.3 Å². The maximum atomic E-state index is 12.2. The fourth-order valence-electron chi connectivity index (χ4n) is 4.13. The SMILES string of the molecule is C=CC(=O)Nc1cc(Nc2ncc(Cl)c(-c3cn[nH]c3)n2)c(OC)cc1N1CCC(N(C)C)CC1. The summed E-state index contributed by atoms with van der Waals surface area (Å²) in [6.45, 7) is 5.31. The number of nitrogens with zero attached hydrogens (tertiary/aromatic N) is 5. The Hall–Kier alpha value is -3.63. The Morgan fingerprint density at radius 2 is 2.06 bits per heavy atom. The van der Waals surface area contributed by atoms with Crippen molar-refractivity contribution in [2.75, 3.05) is 49.8 Å². The minimum atomic E-state index is -0.296. The van der Waals surface area contributed by atoms with Crippen molar-refractivity contribution in [3.63, 3.8) is 0 Å². The van der Waals surface area contributed by atoms with Gasteiger partial charge in [-0.3, -0.25) is 9.89 Å². The number of methoxy groups -OCH3 is 1. The molecule has 3 N–H and O–H groups in total. The Kier molecular flexibility index (Phi) is 7.52. The van der Waals surface area contributed by atoms with Gasteiger partial charge in [0.2, 0.25) is 11.9 Å². The van der Waals surface area contributed by atoms with E-state index in [0.29, 0.717) is 39.8 Å². The van der Waals surface area contributed by atoms with Gasteiger partial charge < -0.3 is 25.2 Å². The summed E-state index contributed by atoms with van der Waals surface area (Å²) < 4.78 is 5.69. The number of halogens is 1. The van der Waals surface area contributed by atoms with Gasteiger partial charge in [0.05, 0.1) is 47.3 Å². The lowest BCUT2D eigenvalue weighted by molar-refractivity contribution is -0.111. The number of carbonyl (C=O) groups is 1. The van der Waals surface area contributed by atoms with Crippen molar-refractivity contribution < 1.29 is 9.53 Å². The number of benzene rings is 1. The van der Waals surface area contributed by atoms with E-state index in [1.807, 2.05) is 12.1 Å².